The molecule has 0 aliphatic carbocycles. The number of aromatic carboxylic acids is 1. The van der Waals surface area contributed by atoms with Gasteiger partial charge in [0.15, 0.2) is 0 Å². The summed E-state index contributed by atoms with van der Waals surface area (Å²) in [6, 6.07) is 13.0. The van der Waals surface area contributed by atoms with Crippen molar-refractivity contribution in [1.82, 2.24) is 0 Å². The Morgan fingerprint density at radius 3 is 2.26 bits per heavy atom. The molecular weight excluding hydrogens is 289 g/mol. The SMILES string of the molecule is O=C(O)c1ccc(N=Cc2ccccc2O)cc1.[Co]. The van der Waals surface area contributed by atoms with Crippen LogP contribution in [0.2, 0.25) is 0 Å². The molecule has 2 aromatic rings. The van der Waals surface area contributed by atoms with Gasteiger partial charge in [0.2, 0.25) is 0 Å². The number of carboxylic acid groups (broad SMARTS) is 1. The molecule has 2 aromatic carbocycles. The first-order valence-electron chi connectivity index (χ1n) is 5.32. The molecule has 0 bridgehead atoms. The zero-order valence-electron chi connectivity index (χ0n) is 9.78. The van der Waals surface area contributed by atoms with E-state index < -0.39 is 5.97 Å². The summed E-state index contributed by atoms with van der Waals surface area (Å²) in [4.78, 5) is 14.8. The van der Waals surface area contributed by atoms with Crippen LogP contribution in [0.3, 0.4) is 0 Å². The Morgan fingerprint density at radius 1 is 1.05 bits per heavy atom. The minimum Gasteiger partial charge on any atom is -0.507 e. The minimum atomic E-state index is -0.966. The fraction of sp³-hybridized carbons (Fsp3) is 0. The smallest absolute Gasteiger partial charge is 0.335 e. The predicted molar refractivity (Wildman–Crippen MR) is 68.8 cm³/mol. The number of benzene rings is 2. The molecule has 0 aliphatic rings. The Hall–Kier alpha value is -2.11. The topological polar surface area (TPSA) is 69.9 Å². The number of para-hydroxylation sites is 1. The average molecular weight is 300 g/mol. The zero-order chi connectivity index (χ0) is 13.0. The van der Waals surface area contributed by atoms with E-state index in [4.69, 9.17) is 5.11 Å². The quantitative estimate of drug-likeness (QED) is 0.856. The van der Waals surface area contributed by atoms with E-state index in [1.54, 1.807) is 36.4 Å². The van der Waals surface area contributed by atoms with Gasteiger partial charge in [0.25, 0.3) is 0 Å². The van der Waals surface area contributed by atoms with Crippen LogP contribution >= 0.6 is 0 Å². The summed E-state index contributed by atoms with van der Waals surface area (Å²) < 4.78 is 0. The van der Waals surface area contributed by atoms with E-state index in [-0.39, 0.29) is 28.1 Å². The Morgan fingerprint density at radius 2 is 1.68 bits per heavy atom. The number of phenolic OH excluding ortho intramolecular Hbond substituents is 1. The van der Waals surface area contributed by atoms with E-state index in [0.29, 0.717) is 11.3 Å². The zero-order valence-corrected chi connectivity index (χ0v) is 10.8. The number of hydrogen-bond donors (Lipinski definition) is 2. The first-order valence-corrected chi connectivity index (χ1v) is 5.32. The third kappa shape index (κ3) is 3.94. The van der Waals surface area contributed by atoms with Gasteiger partial charge >= 0.3 is 5.97 Å². The molecule has 0 aliphatic heterocycles. The van der Waals surface area contributed by atoms with Crippen LogP contribution in [0.25, 0.3) is 0 Å². The Balaban J connectivity index is 0.00000180. The standard InChI is InChI=1S/C14H11NO3.Co/c16-13-4-2-1-3-11(13)9-15-12-7-5-10(6-8-12)14(17)18;/h1-9,16H,(H,17,18);. The van der Waals surface area contributed by atoms with Gasteiger partial charge in [-0.05, 0) is 36.4 Å². The molecule has 4 nitrogen and oxygen atoms in total. The Kier molecular flexibility index (Phi) is 5.29. The molecule has 0 saturated heterocycles. The monoisotopic (exact) mass is 300 g/mol. The largest absolute Gasteiger partial charge is 0.507 e. The first kappa shape index (κ1) is 14.9. The van der Waals surface area contributed by atoms with E-state index in [1.165, 1.54) is 18.3 Å². The second kappa shape index (κ2) is 6.72. The third-order valence-electron chi connectivity index (χ3n) is 2.40. The number of phenols is 1. The van der Waals surface area contributed by atoms with Crippen molar-refractivity contribution in [2.75, 3.05) is 0 Å². The van der Waals surface area contributed by atoms with E-state index in [9.17, 15) is 9.90 Å². The molecule has 0 heterocycles. The van der Waals surface area contributed by atoms with Gasteiger partial charge in [-0.3, -0.25) is 4.99 Å². The van der Waals surface area contributed by atoms with Crippen LogP contribution in [-0.2, 0) is 16.8 Å². The average Bonchev–Trinajstić information content (AvgIpc) is 2.38. The van der Waals surface area contributed by atoms with Crippen molar-refractivity contribution in [2.45, 2.75) is 0 Å². The van der Waals surface area contributed by atoms with Gasteiger partial charge in [0, 0.05) is 28.6 Å². The molecule has 19 heavy (non-hydrogen) atoms. The molecule has 2 N–H and O–H groups in total. The number of carbonyl (C=O) groups is 1. The fourth-order valence-corrected chi connectivity index (χ4v) is 1.43. The number of nitrogens with zero attached hydrogens (tertiary/aromatic N) is 1. The number of hydrogen-bond acceptors (Lipinski definition) is 3. The summed E-state index contributed by atoms with van der Waals surface area (Å²) in [5, 5.41) is 18.3. The second-order valence-corrected chi connectivity index (χ2v) is 3.67. The van der Waals surface area contributed by atoms with Crippen molar-refractivity contribution in [2.24, 2.45) is 4.99 Å². The van der Waals surface area contributed by atoms with Crippen molar-refractivity contribution in [3.63, 3.8) is 0 Å². The maximum absolute atomic E-state index is 10.7. The molecular formula is C14H11CoNO3. The summed E-state index contributed by atoms with van der Waals surface area (Å²) >= 11 is 0. The van der Waals surface area contributed by atoms with E-state index >= 15 is 0 Å². The third-order valence-corrected chi connectivity index (χ3v) is 2.40. The van der Waals surface area contributed by atoms with Crippen molar-refractivity contribution in [3.05, 3.63) is 59.7 Å². The van der Waals surface area contributed by atoms with Gasteiger partial charge in [0.1, 0.15) is 5.75 Å². The molecule has 5 heteroatoms. The van der Waals surface area contributed by atoms with Crippen molar-refractivity contribution in [1.29, 1.82) is 0 Å². The minimum absolute atomic E-state index is 0. The van der Waals surface area contributed by atoms with Crippen molar-refractivity contribution >= 4 is 17.9 Å². The van der Waals surface area contributed by atoms with Gasteiger partial charge in [0.05, 0.1) is 11.3 Å². The molecule has 0 spiro atoms. The molecule has 0 fully saturated rings. The molecule has 0 aromatic heterocycles. The summed E-state index contributed by atoms with van der Waals surface area (Å²) in [6.07, 6.45) is 1.53. The molecule has 2 rings (SSSR count). The summed E-state index contributed by atoms with van der Waals surface area (Å²) in [6.45, 7) is 0. The van der Waals surface area contributed by atoms with Crippen LogP contribution in [0.4, 0.5) is 5.69 Å². The number of aromatic hydroxyl groups is 1. The molecule has 1 radical (unpaired) electrons. The van der Waals surface area contributed by atoms with Crippen LogP contribution < -0.4 is 0 Å². The normalized spacial score (nSPS) is 10.1. The van der Waals surface area contributed by atoms with E-state index in [0.717, 1.165) is 0 Å². The van der Waals surface area contributed by atoms with Crippen LogP contribution in [0.1, 0.15) is 15.9 Å². The van der Waals surface area contributed by atoms with Gasteiger partial charge < -0.3 is 10.2 Å². The number of carboxylic acids is 1. The van der Waals surface area contributed by atoms with E-state index in [2.05, 4.69) is 4.99 Å². The van der Waals surface area contributed by atoms with Crippen LogP contribution in [0, 0.1) is 0 Å². The maximum Gasteiger partial charge on any atom is 0.335 e. The Bertz CT molecular complexity index is 594. The maximum atomic E-state index is 10.7. The van der Waals surface area contributed by atoms with Gasteiger partial charge in [-0.15, -0.1) is 0 Å². The van der Waals surface area contributed by atoms with Crippen molar-refractivity contribution < 1.29 is 31.8 Å². The van der Waals surface area contributed by atoms with Gasteiger partial charge in [-0.2, -0.15) is 0 Å². The molecule has 0 saturated carbocycles. The molecule has 0 amide bonds. The summed E-state index contributed by atoms with van der Waals surface area (Å²) in [7, 11) is 0. The van der Waals surface area contributed by atoms with Crippen LogP contribution in [0.5, 0.6) is 5.75 Å². The molecule has 0 atom stereocenters. The van der Waals surface area contributed by atoms with E-state index in [1.807, 2.05) is 0 Å². The van der Waals surface area contributed by atoms with Crippen LogP contribution in [0.15, 0.2) is 53.5 Å². The fourth-order valence-electron chi connectivity index (χ4n) is 1.43. The second-order valence-electron chi connectivity index (χ2n) is 3.67. The van der Waals surface area contributed by atoms with Gasteiger partial charge in [-0.25, -0.2) is 4.79 Å². The summed E-state index contributed by atoms with van der Waals surface area (Å²) in [5.74, 6) is -0.811. The predicted octanol–water partition coefficient (Wildman–Crippen LogP) is 2.84. The van der Waals surface area contributed by atoms with Crippen LogP contribution in [-0.4, -0.2) is 22.4 Å². The molecule has 0 unspecified atom stereocenters. The number of aliphatic imine (C=N–C) groups is 1. The number of rotatable bonds is 3. The first-order chi connectivity index (χ1) is 8.66. The molecule has 99 valence electrons. The Labute approximate surface area is 120 Å². The van der Waals surface area contributed by atoms with Crippen molar-refractivity contribution in [3.8, 4) is 5.75 Å². The summed E-state index contributed by atoms with van der Waals surface area (Å²) in [5.41, 5.74) is 1.46. The van der Waals surface area contributed by atoms with Gasteiger partial charge in [-0.1, -0.05) is 12.1 Å².